The molecule has 4 aromatic heterocycles. The smallest absolute Gasteiger partial charge is 0.161 e. The van der Waals surface area contributed by atoms with Crippen molar-refractivity contribution in [3.8, 4) is 44.6 Å². The fourth-order valence-electron chi connectivity index (χ4n) is 8.83. The first-order valence-electron chi connectivity index (χ1n) is 20.4. The molecule has 61 heavy (non-hydrogen) atoms. The highest BCUT2D eigenvalue weighted by atomic mass is 16.3. The van der Waals surface area contributed by atoms with Crippen LogP contribution in [0.15, 0.2) is 222 Å². The zero-order chi connectivity index (χ0) is 40.3. The predicted molar refractivity (Wildman–Crippen MR) is 251 cm³/mol. The minimum absolute atomic E-state index is 0.790. The van der Waals surface area contributed by atoms with Crippen LogP contribution in [0.25, 0.3) is 99.3 Å². The van der Waals surface area contributed by atoms with Crippen molar-refractivity contribution in [3.63, 3.8) is 0 Å². The molecule has 0 bridgehead atoms. The summed E-state index contributed by atoms with van der Waals surface area (Å²) < 4.78 is 12.7. The van der Waals surface area contributed by atoms with Crippen molar-refractivity contribution < 1.29 is 8.83 Å². The quantitative estimate of drug-likeness (QED) is 0.161. The molecule has 0 spiro atoms. The third-order valence-corrected chi connectivity index (χ3v) is 11.9. The van der Waals surface area contributed by atoms with Crippen molar-refractivity contribution in [1.82, 2.24) is 9.97 Å². The van der Waals surface area contributed by atoms with Crippen molar-refractivity contribution in [2.24, 2.45) is 0 Å². The summed E-state index contributed by atoms with van der Waals surface area (Å²) in [5.41, 5.74) is 15.0. The molecule has 0 aliphatic carbocycles. The third kappa shape index (κ3) is 5.94. The van der Waals surface area contributed by atoms with Gasteiger partial charge in [-0.3, -0.25) is 9.97 Å². The van der Waals surface area contributed by atoms with E-state index in [0.29, 0.717) is 0 Å². The second kappa shape index (κ2) is 14.2. The van der Waals surface area contributed by atoms with Gasteiger partial charge in [-0.2, -0.15) is 0 Å². The zero-order valence-corrected chi connectivity index (χ0v) is 32.9. The highest BCUT2D eigenvalue weighted by Crippen LogP contribution is 2.41. The Hall–Kier alpha value is -8.28. The van der Waals surface area contributed by atoms with Crippen molar-refractivity contribution >= 4 is 71.7 Å². The number of aromatic nitrogens is 2. The van der Waals surface area contributed by atoms with Crippen LogP contribution in [0.2, 0.25) is 0 Å². The van der Waals surface area contributed by atoms with Crippen LogP contribution in [0.4, 0.5) is 17.1 Å². The molecule has 0 unspecified atom stereocenters. The Balaban J connectivity index is 0.914. The Kier molecular flexibility index (Phi) is 8.10. The van der Waals surface area contributed by atoms with E-state index in [1.54, 1.807) is 0 Å². The third-order valence-electron chi connectivity index (χ3n) is 11.9. The molecule has 12 aromatic rings. The fraction of sp³-hybridized carbons (Fsp3) is 0. The molecule has 4 heterocycles. The standard InChI is InChI=1S/C56H35N3O2/c1-2-10-45-38(8-1)9-7-13-46(45)39-18-16-36(17-19-39)37-20-26-42(27-21-37)59(43-28-22-40(23-29-43)50-34-57-35-51-48-12-4-6-15-53(48)60-55(50)51)44-30-24-41(25-31-44)54-56-49(32-33-58-54)47-11-3-5-14-52(47)61-56/h1-35H. The number of rotatable bonds is 7. The highest BCUT2D eigenvalue weighted by molar-refractivity contribution is 6.10. The molecule has 0 N–H and O–H groups in total. The normalized spacial score (nSPS) is 11.6. The van der Waals surface area contributed by atoms with E-state index in [4.69, 9.17) is 13.8 Å². The average Bonchev–Trinajstić information content (AvgIpc) is 3.91. The van der Waals surface area contributed by atoms with Gasteiger partial charge in [-0.05, 0) is 93.2 Å². The second-order valence-corrected chi connectivity index (χ2v) is 15.4. The SMILES string of the molecule is c1ccc2c(-c3ccc(-c4ccc(N(c5ccc(-c6cncc7c6oc6ccccc67)cc5)c5ccc(-c6nccc7c6oc6ccccc67)cc5)cc4)cc3)cccc2c1. The van der Waals surface area contributed by atoms with Gasteiger partial charge in [-0.15, -0.1) is 0 Å². The number of furan rings is 2. The van der Waals surface area contributed by atoms with Crippen LogP contribution in [0.3, 0.4) is 0 Å². The van der Waals surface area contributed by atoms with E-state index < -0.39 is 0 Å². The molecule has 5 heteroatoms. The Labute approximate surface area is 351 Å². The summed E-state index contributed by atoms with van der Waals surface area (Å²) in [6.45, 7) is 0. The Morgan fingerprint density at radius 2 is 0.852 bits per heavy atom. The molecule has 12 rings (SSSR count). The summed E-state index contributed by atoms with van der Waals surface area (Å²) in [5, 5.41) is 6.72. The van der Waals surface area contributed by atoms with E-state index in [0.717, 1.165) is 94.5 Å². The summed E-state index contributed by atoms with van der Waals surface area (Å²) in [5.74, 6) is 0. The van der Waals surface area contributed by atoms with Crippen LogP contribution in [0.5, 0.6) is 0 Å². The maximum absolute atomic E-state index is 6.38. The number of hydrogen-bond donors (Lipinski definition) is 0. The highest BCUT2D eigenvalue weighted by Gasteiger charge is 2.18. The minimum atomic E-state index is 0.790. The van der Waals surface area contributed by atoms with Gasteiger partial charge in [0.1, 0.15) is 22.4 Å². The summed E-state index contributed by atoms with van der Waals surface area (Å²) in [6.07, 6.45) is 5.64. The van der Waals surface area contributed by atoms with Crippen LogP contribution in [0, 0.1) is 0 Å². The first kappa shape index (κ1) is 34.7. The first-order valence-corrected chi connectivity index (χ1v) is 20.4. The Morgan fingerprint density at radius 1 is 0.344 bits per heavy atom. The lowest BCUT2D eigenvalue weighted by atomic mass is 9.96. The van der Waals surface area contributed by atoms with Gasteiger partial charge in [-0.25, -0.2) is 0 Å². The fourth-order valence-corrected chi connectivity index (χ4v) is 8.83. The molecule has 0 aliphatic rings. The average molecular weight is 782 g/mol. The summed E-state index contributed by atoms with van der Waals surface area (Å²) >= 11 is 0. The predicted octanol–water partition coefficient (Wildman–Crippen LogP) is 15.6. The van der Waals surface area contributed by atoms with E-state index in [9.17, 15) is 0 Å². The number of pyridine rings is 2. The van der Waals surface area contributed by atoms with Gasteiger partial charge in [0.25, 0.3) is 0 Å². The molecule has 0 fully saturated rings. The van der Waals surface area contributed by atoms with Crippen molar-refractivity contribution in [2.75, 3.05) is 4.90 Å². The van der Waals surface area contributed by atoms with Gasteiger partial charge >= 0.3 is 0 Å². The largest absolute Gasteiger partial charge is 0.455 e. The number of hydrogen-bond acceptors (Lipinski definition) is 5. The molecule has 0 saturated heterocycles. The van der Waals surface area contributed by atoms with Crippen molar-refractivity contribution in [3.05, 3.63) is 213 Å². The van der Waals surface area contributed by atoms with Crippen molar-refractivity contribution in [2.45, 2.75) is 0 Å². The van der Waals surface area contributed by atoms with Gasteiger partial charge in [0.15, 0.2) is 5.58 Å². The topological polar surface area (TPSA) is 55.3 Å². The van der Waals surface area contributed by atoms with E-state index >= 15 is 0 Å². The summed E-state index contributed by atoms with van der Waals surface area (Å²) in [4.78, 5) is 11.7. The second-order valence-electron chi connectivity index (χ2n) is 15.4. The number of anilines is 3. The lowest BCUT2D eigenvalue weighted by molar-refractivity contribution is 0.668. The van der Waals surface area contributed by atoms with Crippen LogP contribution >= 0.6 is 0 Å². The van der Waals surface area contributed by atoms with Gasteiger partial charge in [0.05, 0.1) is 0 Å². The minimum Gasteiger partial charge on any atom is -0.455 e. The van der Waals surface area contributed by atoms with Gasteiger partial charge in [0.2, 0.25) is 0 Å². The van der Waals surface area contributed by atoms with E-state index in [-0.39, 0.29) is 0 Å². The molecular formula is C56H35N3O2. The summed E-state index contributed by atoms with van der Waals surface area (Å²) in [7, 11) is 0. The monoisotopic (exact) mass is 781 g/mol. The number of para-hydroxylation sites is 2. The number of nitrogens with zero attached hydrogens (tertiary/aromatic N) is 3. The van der Waals surface area contributed by atoms with Gasteiger partial charge in [-0.1, -0.05) is 140 Å². The van der Waals surface area contributed by atoms with E-state index in [1.165, 1.54) is 21.9 Å². The molecule has 0 atom stereocenters. The maximum Gasteiger partial charge on any atom is 0.161 e. The van der Waals surface area contributed by atoms with Gasteiger partial charge in [0, 0.05) is 68.3 Å². The molecule has 5 nitrogen and oxygen atoms in total. The lowest BCUT2D eigenvalue weighted by Crippen LogP contribution is -2.09. The van der Waals surface area contributed by atoms with Crippen molar-refractivity contribution in [1.29, 1.82) is 0 Å². The van der Waals surface area contributed by atoms with E-state index in [2.05, 4.69) is 162 Å². The Bertz CT molecular complexity index is 3410. The van der Waals surface area contributed by atoms with Crippen LogP contribution in [-0.4, -0.2) is 9.97 Å². The van der Waals surface area contributed by atoms with Crippen LogP contribution in [0.1, 0.15) is 0 Å². The molecule has 0 radical (unpaired) electrons. The molecule has 286 valence electrons. The molecule has 8 aromatic carbocycles. The number of benzene rings is 8. The van der Waals surface area contributed by atoms with Gasteiger partial charge < -0.3 is 13.7 Å². The molecule has 0 saturated carbocycles. The molecule has 0 aliphatic heterocycles. The van der Waals surface area contributed by atoms with E-state index in [1.807, 2.05) is 61.1 Å². The number of fused-ring (bicyclic) bond motifs is 7. The Morgan fingerprint density at radius 3 is 1.54 bits per heavy atom. The first-order chi connectivity index (χ1) is 30.2. The lowest BCUT2D eigenvalue weighted by Gasteiger charge is -2.26. The molecular weight excluding hydrogens is 747 g/mol. The van der Waals surface area contributed by atoms with Crippen LogP contribution in [-0.2, 0) is 0 Å². The summed E-state index contributed by atoms with van der Waals surface area (Å²) in [6, 6.07) is 68.3. The zero-order valence-electron chi connectivity index (χ0n) is 32.9. The molecule has 0 amide bonds. The maximum atomic E-state index is 6.38. The van der Waals surface area contributed by atoms with Crippen LogP contribution < -0.4 is 4.90 Å².